The molecule has 0 saturated heterocycles. The SMILES string of the molecule is COC(C)C(=O)N(CCO)Cc1ccccc1. The Morgan fingerprint density at radius 3 is 2.59 bits per heavy atom. The van der Waals surface area contributed by atoms with Crippen molar-refractivity contribution in [1.29, 1.82) is 0 Å². The van der Waals surface area contributed by atoms with Crippen LogP contribution < -0.4 is 0 Å². The average molecular weight is 237 g/mol. The average Bonchev–Trinajstić information content (AvgIpc) is 2.37. The Labute approximate surface area is 102 Å². The van der Waals surface area contributed by atoms with Gasteiger partial charge in [0.2, 0.25) is 0 Å². The van der Waals surface area contributed by atoms with Gasteiger partial charge in [-0.15, -0.1) is 0 Å². The molecule has 17 heavy (non-hydrogen) atoms. The summed E-state index contributed by atoms with van der Waals surface area (Å²) in [6.45, 7) is 2.47. The summed E-state index contributed by atoms with van der Waals surface area (Å²) in [6.07, 6.45) is -0.481. The fourth-order valence-corrected chi connectivity index (χ4v) is 1.55. The van der Waals surface area contributed by atoms with Gasteiger partial charge in [0.1, 0.15) is 6.10 Å². The Kier molecular flexibility index (Phi) is 5.66. The van der Waals surface area contributed by atoms with Gasteiger partial charge < -0.3 is 14.7 Å². The normalized spacial score (nSPS) is 12.2. The van der Waals surface area contributed by atoms with Gasteiger partial charge >= 0.3 is 0 Å². The van der Waals surface area contributed by atoms with E-state index in [9.17, 15) is 4.79 Å². The molecule has 0 aliphatic rings. The number of hydrogen-bond acceptors (Lipinski definition) is 3. The van der Waals surface area contributed by atoms with Gasteiger partial charge in [0.05, 0.1) is 6.61 Å². The van der Waals surface area contributed by atoms with Crippen molar-refractivity contribution in [3.05, 3.63) is 35.9 Å². The first-order chi connectivity index (χ1) is 8.19. The van der Waals surface area contributed by atoms with Crippen LogP contribution in [0, 0.1) is 0 Å². The Morgan fingerprint density at radius 1 is 1.41 bits per heavy atom. The summed E-state index contributed by atoms with van der Waals surface area (Å²) in [5, 5.41) is 8.98. The topological polar surface area (TPSA) is 49.8 Å². The summed E-state index contributed by atoms with van der Waals surface area (Å²) in [6, 6.07) is 9.69. The summed E-state index contributed by atoms with van der Waals surface area (Å²) < 4.78 is 5.00. The monoisotopic (exact) mass is 237 g/mol. The van der Waals surface area contributed by atoms with Gasteiger partial charge in [-0.1, -0.05) is 30.3 Å². The second-order valence-electron chi connectivity index (χ2n) is 3.85. The predicted octanol–water partition coefficient (Wildman–Crippen LogP) is 1.04. The molecule has 0 radical (unpaired) electrons. The standard InChI is InChI=1S/C13H19NO3/c1-11(17-2)13(16)14(8-9-15)10-12-6-4-3-5-7-12/h3-7,11,15H,8-10H2,1-2H3. The Balaban J connectivity index is 2.69. The van der Waals surface area contributed by atoms with Crippen LogP contribution in [0.1, 0.15) is 12.5 Å². The summed E-state index contributed by atoms with van der Waals surface area (Å²) in [5.74, 6) is -0.106. The van der Waals surface area contributed by atoms with Crippen molar-refractivity contribution in [2.24, 2.45) is 0 Å². The van der Waals surface area contributed by atoms with Crippen molar-refractivity contribution in [1.82, 2.24) is 4.90 Å². The molecule has 1 amide bonds. The quantitative estimate of drug-likeness (QED) is 0.804. The van der Waals surface area contributed by atoms with Gasteiger partial charge in [-0.3, -0.25) is 4.79 Å². The van der Waals surface area contributed by atoms with Crippen molar-refractivity contribution < 1.29 is 14.6 Å². The highest BCUT2D eigenvalue weighted by Gasteiger charge is 2.19. The van der Waals surface area contributed by atoms with E-state index in [1.807, 2.05) is 30.3 Å². The number of aliphatic hydroxyl groups is 1. The Bertz CT molecular complexity index is 340. The predicted molar refractivity (Wildman–Crippen MR) is 65.4 cm³/mol. The van der Waals surface area contributed by atoms with E-state index in [0.29, 0.717) is 13.1 Å². The van der Waals surface area contributed by atoms with Crippen LogP contribution in [0.15, 0.2) is 30.3 Å². The number of hydrogen-bond donors (Lipinski definition) is 1. The highest BCUT2D eigenvalue weighted by Crippen LogP contribution is 2.07. The van der Waals surface area contributed by atoms with Crippen molar-refractivity contribution >= 4 is 5.91 Å². The number of aliphatic hydroxyl groups excluding tert-OH is 1. The van der Waals surface area contributed by atoms with Gasteiger partial charge in [0.15, 0.2) is 0 Å². The highest BCUT2D eigenvalue weighted by molar-refractivity contribution is 5.80. The van der Waals surface area contributed by atoms with E-state index in [2.05, 4.69) is 0 Å². The minimum absolute atomic E-state index is 0.0466. The maximum atomic E-state index is 12.0. The number of carbonyl (C=O) groups is 1. The van der Waals surface area contributed by atoms with Gasteiger partial charge in [-0.05, 0) is 12.5 Å². The van der Waals surface area contributed by atoms with Gasteiger partial charge in [0, 0.05) is 20.2 Å². The van der Waals surface area contributed by atoms with E-state index in [4.69, 9.17) is 9.84 Å². The van der Waals surface area contributed by atoms with Crippen LogP contribution >= 0.6 is 0 Å². The van der Waals surface area contributed by atoms with Crippen molar-refractivity contribution in [2.75, 3.05) is 20.3 Å². The summed E-state index contributed by atoms with van der Waals surface area (Å²) in [5.41, 5.74) is 1.04. The smallest absolute Gasteiger partial charge is 0.251 e. The van der Waals surface area contributed by atoms with Crippen LogP contribution in [0.4, 0.5) is 0 Å². The number of amides is 1. The first kappa shape index (κ1) is 13.7. The molecule has 1 rings (SSSR count). The number of methoxy groups -OCH3 is 1. The fourth-order valence-electron chi connectivity index (χ4n) is 1.55. The summed E-state index contributed by atoms with van der Waals surface area (Å²) in [4.78, 5) is 13.6. The Hall–Kier alpha value is -1.39. The molecule has 0 spiro atoms. The zero-order valence-electron chi connectivity index (χ0n) is 10.3. The third-order valence-electron chi connectivity index (χ3n) is 2.60. The zero-order chi connectivity index (χ0) is 12.7. The molecule has 94 valence electrons. The molecule has 0 bridgehead atoms. The molecule has 0 aliphatic carbocycles. The van der Waals surface area contributed by atoms with Crippen LogP contribution in [0.5, 0.6) is 0 Å². The van der Waals surface area contributed by atoms with E-state index in [1.165, 1.54) is 7.11 Å². The van der Waals surface area contributed by atoms with Crippen LogP contribution in [0.2, 0.25) is 0 Å². The molecule has 0 aliphatic heterocycles. The van der Waals surface area contributed by atoms with Crippen LogP contribution in [-0.4, -0.2) is 42.3 Å². The molecule has 1 aromatic rings. The van der Waals surface area contributed by atoms with Crippen molar-refractivity contribution in [3.63, 3.8) is 0 Å². The fraction of sp³-hybridized carbons (Fsp3) is 0.462. The van der Waals surface area contributed by atoms with Crippen molar-refractivity contribution in [3.8, 4) is 0 Å². The van der Waals surface area contributed by atoms with E-state index in [-0.39, 0.29) is 12.5 Å². The minimum Gasteiger partial charge on any atom is -0.395 e. The lowest BCUT2D eigenvalue weighted by atomic mass is 10.2. The lowest BCUT2D eigenvalue weighted by Crippen LogP contribution is -2.39. The molecule has 1 N–H and O–H groups in total. The molecule has 0 fully saturated rings. The number of nitrogens with zero attached hydrogens (tertiary/aromatic N) is 1. The molecular weight excluding hydrogens is 218 g/mol. The first-order valence-corrected chi connectivity index (χ1v) is 5.65. The largest absolute Gasteiger partial charge is 0.395 e. The first-order valence-electron chi connectivity index (χ1n) is 5.65. The lowest BCUT2D eigenvalue weighted by molar-refractivity contribution is -0.142. The third-order valence-corrected chi connectivity index (χ3v) is 2.60. The maximum absolute atomic E-state index is 12.0. The molecule has 4 heteroatoms. The minimum atomic E-state index is -0.481. The molecule has 1 unspecified atom stereocenters. The van der Waals surface area contributed by atoms with Crippen molar-refractivity contribution in [2.45, 2.75) is 19.6 Å². The number of carbonyl (C=O) groups excluding carboxylic acids is 1. The van der Waals surface area contributed by atoms with Gasteiger partial charge in [0.25, 0.3) is 5.91 Å². The molecular formula is C13H19NO3. The molecule has 0 saturated carbocycles. The molecule has 1 atom stereocenters. The lowest BCUT2D eigenvalue weighted by Gasteiger charge is -2.24. The summed E-state index contributed by atoms with van der Waals surface area (Å²) >= 11 is 0. The molecule has 0 heterocycles. The van der Waals surface area contributed by atoms with E-state index >= 15 is 0 Å². The molecule has 1 aromatic carbocycles. The maximum Gasteiger partial charge on any atom is 0.251 e. The number of ether oxygens (including phenoxy) is 1. The van der Waals surface area contributed by atoms with E-state index < -0.39 is 6.10 Å². The van der Waals surface area contributed by atoms with Gasteiger partial charge in [-0.25, -0.2) is 0 Å². The second kappa shape index (κ2) is 7.04. The molecule has 0 aromatic heterocycles. The number of rotatable bonds is 6. The highest BCUT2D eigenvalue weighted by atomic mass is 16.5. The third kappa shape index (κ3) is 4.17. The summed E-state index contributed by atoms with van der Waals surface area (Å²) in [7, 11) is 1.50. The van der Waals surface area contributed by atoms with Crippen LogP contribution in [0.25, 0.3) is 0 Å². The van der Waals surface area contributed by atoms with E-state index in [1.54, 1.807) is 11.8 Å². The number of benzene rings is 1. The second-order valence-corrected chi connectivity index (χ2v) is 3.85. The van der Waals surface area contributed by atoms with Gasteiger partial charge in [-0.2, -0.15) is 0 Å². The van der Waals surface area contributed by atoms with E-state index in [0.717, 1.165) is 5.56 Å². The Morgan fingerprint density at radius 2 is 2.06 bits per heavy atom. The van der Waals surface area contributed by atoms with Crippen LogP contribution in [-0.2, 0) is 16.1 Å². The zero-order valence-corrected chi connectivity index (χ0v) is 10.3. The molecule has 4 nitrogen and oxygen atoms in total. The van der Waals surface area contributed by atoms with Crippen LogP contribution in [0.3, 0.4) is 0 Å².